The third-order valence-corrected chi connectivity index (χ3v) is 6.90. The Bertz CT molecular complexity index is 593. The second-order valence-corrected chi connectivity index (χ2v) is 8.87. The first-order valence-corrected chi connectivity index (χ1v) is 11.4. The maximum atomic E-state index is 4.87. The van der Waals surface area contributed by atoms with Gasteiger partial charge in [-0.3, -0.25) is 0 Å². The van der Waals surface area contributed by atoms with E-state index in [-0.39, 0.29) is 0 Å². The Hall–Kier alpha value is -1.24. The van der Waals surface area contributed by atoms with Gasteiger partial charge in [0.05, 0.1) is 0 Å². The minimum absolute atomic E-state index is 0.525. The van der Waals surface area contributed by atoms with Gasteiger partial charge in [0.25, 0.3) is 0 Å². The fourth-order valence-corrected chi connectivity index (χ4v) is 4.82. The molecule has 26 heavy (non-hydrogen) atoms. The van der Waals surface area contributed by atoms with Crippen molar-refractivity contribution < 1.29 is 0 Å². The Kier molecular flexibility index (Phi) is 7.23. The molecule has 0 spiro atoms. The minimum Gasteiger partial charge on any atom is -0.354 e. The normalized spacial score (nSPS) is 25.3. The molecule has 1 aromatic rings. The Labute approximate surface area is 162 Å². The van der Waals surface area contributed by atoms with Gasteiger partial charge in [-0.05, 0) is 45.3 Å². The summed E-state index contributed by atoms with van der Waals surface area (Å²) < 4.78 is 2.02. The van der Waals surface area contributed by atoms with E-state index in [4.69, 9.17) is 4.99 Å². The lowest BCUT2D eigenvalue weighted by atomic mass is 9.94. The lowest BCUT2D eigenvalue weighted by molar-refractivity contribution is 0.392. The number of nitrogens with one attached hydrogen (secondary N) is 2. The molecule has 2 aliphatic carbocycles. The zero-order valence-electron chi connectivity index (χ0n) is 16.5. The molecule has 2 unspecified atom stereocenters. The van der Waals surface area contributed by atoms with Crippen molar-refractivity contribution in [2.75, 3.05) is 6.26 Å². The van der Waals surface area contributed by atoms with E-state index in [1.165, 1.54) is 57.8 Å². The van der Waals surface area contributed by atoms with Crippen molar-refractivity contribution in [1.82, 2.24) is 25.4 Å². The van der Waals surface area contributed by atoms with Crippen LogP contribution in [0.15, 0.2) is 4.99 Å². The summed E-state index contributed by atoms with van der Waals surface area (Å²) in [5.41, 5.74) is 0. The highest BCUT2D eigenvalue weighted by Gasteiger charge is 2.23. The number of aryl methyl sites for hydroxylation is 1. The summed E-state index contributed by atoms with van der Waals surface area (Å²) in [6.07, 6.45) is 13.9. The summed E-state index contributed by atoms with van der Waals surface area (Å²) >= 11 is 2.01. The number of thioether (sulfide) groups is 1. The molecule has 2 N–H and O–H groups in total. The van der Waals surface area contributed by atoms with E-state index >= 15 is 0 Å². The van der Waals surface area contributed by atoms with Crippen LogP contribution in [0.4, 0.5) is 0 Å². The van der Waals surface area contributed by atoms with Gasteiger partial charge in [0.1, 0.15) is 12.4 Å². The molecule has 0 aromatic carbocycles. The van der Waals surface area contributed by atoms with Crippen molar-refractivity contribution in [3.05, 3.63) is 11.6 Å². The van der Waals surface area contributed by atoms with Crippen LogP contribution in [-0.2, 0) is 13.6 Å². The number of aliphatic imine (C=N–C) groups is 1. The molecule has 6 nitrogen and oxygen atoms in total. The molecule has 146 valence electrons. The predicted octanol–water partition coefficient (Wildman–Crippen LogP) is 3.17. The van der Waals surface area contributed by atoms with Crippen LogP contribution in [0.1, 0.15) is 69.4 Å². The van der Waals surface area contributed by atoms with Crippen molar-refractivity contribution in [2.45, 2.75) is 88.6 Å². The van der Waals surface area contributed by atoms with Crippen LogP contribution < -0.4 is 10.6 Å². The molecule has 2 aliphatic rings. The number of nitrogens with zero attached hydrogens (tertiary/aromatic N) is 4. The maximum absolute atomic E-state index is 4.87. The van der Waals surface area contributed by atoms with E-state index in [1.54, 1.807) is 0 Å². The number of aromatic nitrogens is 3. The highest BCUT2D eigenvalue weighted by Crippen LogP contribution is 2.27. The van der Waals surface area contributed by atoms with E-state index < -0.39 is 0 Å². The van der Waals surface area contributed by atoms with Crippen molar-refractivity contribution in [3.63, 3.8) is 0 Å². The SMILES string of the molecule is CSC1CCCC(NC(=NCc2nnc(C)n2C)NC2CCCCC2)C1. The number of rotatable bonds is 5. The summed E-state index contributed by atoms with van der Waals surface area (Å²) in [6, 6.07) is 1.08. The summed E-state index contributed by atoms with van der Waals surface area (Å²) in [7, 11) is 2.01. The third kappa shape index (κ3) is 5.38. The summed E-state index contributed by atoms with van der Waals surface area (Å²) in [5.74, 6) is 2.81. The molecular weight excluding hydrogens is 344 g/mol. The largest absolute Gasteiger partial charge is 0.354 e. The van der Waals surface area contributed by atoms with E-state index in [2.05, 4.69) is 27.1 Å². The van der Waals surface area contributed by atoms with Gasteiger partial charge >= 0.3 is 0 Å². The Morgan fingerprint density at radius 1 is 1.08 bits per heavy atom. The van der Waals surface area contributed by atoms with Gasteiger partial charge in [0.15, 0.2) is 11.8 Å². The molecule has 0 saturated heterocycles. The average molecular weight is 379 g/mol. The molecule has 2 fully saturated rings. The quantitative estimate of drug-likeness (QED) is 0.608. The summed E-state index contributed by atoms with van der Waals surface area (Å²) in [4.78, 5) is 4.87. The van der Waals surface area contributed by atoms with Crippen LogP contribution in [0.25, 0.3) is 0 Å². The molecule has 0 aliphatic heterocycles. The van der Waals surface area contributed by atoms with Crippen LogP contribution in [0, 0.1) is 6.92 Å². The van der Waals surface area contributed by atoms with Crippen LogP contribution >= 0.6 is 11.8 Å². The molecule has 2 atom stereocenters. The molecule has 0 amide bonds. The van der Waals surface area contributed by atoms with Crippen LogP contribution in [0.3, 0.4) is 0 Å². The van der Waals surface area contributed by atoms with E-state index in [0.29, 0.717) is 18.6 Å². The van der Waals surface area contributed by atoms with Gasteiger partial charge in [0.2, 0.25) is 0 Å². The Morgan fingerprint density at radius 2 is 1.81 bits per heavy atom. The molecule has 2 saturated carbocycles. The second-order valence-electron chi connectivity index (χ2n) is 7.73. The smallest absolute Gasteiger partial charge is 0.192 e. The summed E-state index contributed by atoms with van der Waals surface area (Å²) in [6.45, 7) is 2.54. The fourth-order valence-electron chi connectivity index (χ4n) is 4.00. The van der Waals surface area contributed by atoms with Crippen LogP contribution in [-0.4, -0.2) is 44.3 Å². The first kappa shape index (κ1) is 19.5. The zero-order chi connectivity index (χ0) is 18.4. The first-order valence-electron chi connectivity index (χ1n) is 10.1. The first-order chi connectivity index (χ1) is 12.7. The Morgan fingerprint density at radius 3 is 2.50 bits per heavy atom. The molecule has 1 heterocycles. The molecule has 1 aromatic heterocycles. The Balaban J connectivity index is 1.65. The fraction of sp³-hybridized carbons (Fsp3) is 0.842. The molecule has 3 rings (SSSR count). The van der Waals surface area contributed by atoms with E-state index in [0.717, 1.165) is 22.9 Å². The highest BCUT2D eigenvalue weighted by atomic mass is 32.2. The standard InChI is InChI=1S/C19H34N6S/c1-14-23-24-18(25(14)2)13-20-19(21-15-8-5-4-6-9-15)22-16-10-7-11-17(12-16)26-3/h15-17H,4-13H2,1-3H3,(H2,20,21,22). The molecule has 7 heteroatoms. The topological polar surface area (TPSA) is 67.1 Å². The monoisotopic (exact) mass is 378 g/mol. The van der Waals surface area contributed by atoms with Crippen LogP contribution in [0.5, 0.6) is 0 Å². The van der Waals surface area contributed by atoms with Crippen molar-refractivity contribution in [2.24, 2.45) is 12.0 Å². The van der Waals surface area contributed by atoms with E-state index in [1.807, 2.05) is 30.3 Å². The molecular formula is C19H34N6S. The van der Waals surface area contributed by atoms with Crippen molar-refractivity contribution in [1.29, 1.82) is 0 Å². The van der Waals surface area contributed by atoms with Crippen LogP contribution in [0.2, 0.25) is 0 Å². The average Bonchev–Trinajstić information content (AvgIpc) is 2.99. The van der Waals surface area contributed by atoms with Crippen molar-refractivity contribution >= 4 is 17.7 Å². The van der Waals surface area contributed by atoms with Gasteiger partial charge in [-0.25, -0.2) is 4.99 Å². The minimum atomic E-state index is 0.525. The highest BCUT2D eigenvalue weighted by molar-refractivity contribution is 7.99. The van der Waals surface area contributed by atoms with E-state index in [9.17, 15) is 0 Å². The second kappa shape index (κ2) is 9.62. The summed E-state index contributed by atoms with van der Waals surface area (Å²) in [5, 5.41) is 16.6. The number of hydrogen-bond acceptors (Lipinski definition) is 4. The predicted molar refractivity (Wildman–Crippen MR) is 110 cm³/mol. The van der Waals surface area contributed by atoms with Crippen molar-refractivity contribution in [3.8, 4) is 0 Å². The number of guanidine groups is 1. The van der Waals surface area contributed by atoms with Gasteiger partial charge in [-0.15, -0.1) is 10.2 Å². The molecule has 0 bridgehead atoms. The van der Waals surface area contributed by atoms with Gasteiger partial charge in [-0.1, -0.05) is 25.7 Å². The maximum Gasteiger partial charge on any atom is 0.192 e. The van der Waals surface area contributed by atoms with Gasteiger partial charge < -0.3 is 15.2 Å². The lowest BCUT2D eigenvalue weighted by Gasteiger charge is -2.32. The van der Waals surface area contributed by atoms with Gasteiger partial charge in [-0.2, -0.15) is 11.8 Å². The zero-order valence-corrected chi connectivity index (χ0v) is 17.3. The third-order valence-electron chi connectivity index (χ3n) is 5.81. The molecule has 0 radical (unpaired) electrons. The number of hydrogen-bond donors (Lipinski definition) is 2. The lowest BCUT2D eigenvalue weighted by Crippen LogP contribution is -2.49. The van der Waals surface area contributed by atoms with Gasteiger partial charge in [0, 0.05) is 24.4 Å².